The van der Waals surface area contributed by atoms with Crippen LogP contribution in [0.15, 0.2) is 90.1 Å². The van der Waals surface area contributed by atoms with Crippen molar-refractivity contribution in [1.82, 2.24) is 24.6 Å². The summed E-state index contributed by atoms with van der Waals surface area (Å²) in [6.07, 6.45) is 3.29. The van der Waals surface area contributed by atoms with Gasteiger partial charge in [0.1, 0.15) is 11.6 Å². The second kappa shape index (κ2) is 14.9. The van der Waals surface area contributed by atoms with Crippen molar-refractivity contribution < 1.29 is 14.3 Å². The van der Waals surface area contributed by atoms with E-state index in [1.165, 1.54) is 5.56 Å². The van der Waals surface area contributed by atoms with Crippen molar-refractivity contribution in [3.63, 3.8) is 0 Å². The average molecular weight is 598 g/mol. The zero-order chi connectivity index (χ0) is 30.0. The first-order valence-electron chi connectivity index (χ1n) is 14.9. The van der Waals surface area contributed by atoms with Gasteiger partial charge in [-0.2, -0.15) is 0 Å². The molecule has 0 spiro atoms. The number of ether oxygens (including phenoxy) is 1. The first-order chi connectivity index (χ1) is 21.0. The molecule has 1 fully saturated rings. The number of carbonyl (C=O) groups excluding carboxylic acids is 2. The number of unbranched alkanes of at least 4 members (excludes halogenated alkanes) is 1. The zero-order valence-corrected chi connectivity index (χ0v) is 25.7. The molecule has 0 N–H and O–H groups in total. The third-order valence-corrected chi connectivity index (χ3v) is 8.77. The Morgan fingerprint density at radius 3 is 2.23 bits per heavy atom. The second-order valence-corrected chi connectivity index (χ2v) is 11.9. The molecule has 1 aliphatic heterocycles. The van der Waals surface area contributed by atoms with Crippen molar-refractivity contribution in [3.8, 4) is 11.4 Å². The number of benzene rings is 3. The fraction of sp³-hybridized carbons (Fsp3) is 0.353. The van der Waals surface area contributed by atoms with Crippen molar-refractivity contribution in [1.29, 1.82) is 0 Å². The summed E-state index contributed by atoms with van der Waals surface area (Å²) in [5, 5.41) is 9.91. The molecule has 0 bridgehead atoms. The van der Waals surface area contributed by atoms with E-state index in [-0.39, 0.29) is 17.9 Å². The summed E-state index contributed by atoms with van der Waals surface area (Å²) in [6.45, 7) is 3.79. The van der Waals surface area contributed by atoms with Crippen LogP contribution < -0.4 is 4.74 Å². The number of nitrogens with zero attached hydrogens (tertiary/aromatic N) is 5. The van der Waals surface area contributed by atoms with Crippen molar-refractivity contribution in [2.75, 3.05) is 32.5 Å². The molecule has 1 aliphatic rings. The highest BCUT2D eigenvalue weighted by Gasteiger charge is 2.29. The molecule has 8 nitrogen and oxygen atoms in total. The number of aromatic nitrogens is 3. The maximum atomic E-state index is 13.0. The van der Waals surface area contributed by atoms with E-state index < -0.39 is 0 Å². The Morgan fingerprint density at radius 2 is 1.56 bits per heavy atom. The number of carbonyl (C=O) groups is 2. The SMILES string of the molecule is COc1ccc(-n2c(Cc3ccccc3)nnc2SCCCCC(=O)N2CCN(C(=O)Cc3ccccc3)C(C)C2)cc1. The fourth-order valence-corrected chi connectivity index (χ4v) is 6.37. The molecule has 1 atom stereocenters. The Labute approximate surface area is 258 Å². The lowest BCUT2D eigenvalue weighted by atomic mass is 10.1. The van der Waals surface area contributed by atoms with Crippen molar-refractivity contribution in [3.05, 3.63) is 102 Å². The van der Waals surface area contributed by atoms with Crippen LogP contribution >= 0.6 is 11.8 Å². The monoisotopic (exact) mass is 597 g/mol. The van der Waals surface area contributed by atoms with Gasteiger partial charge in [0, 0.05) is 50.0 Å². The predicted molar refractivity (Wildman–Crippen MR) is 170 cm³/mol. The van der Waals surface area contributed by atoms with Gasteiger partial charge in [0.15, 0.2) is 5.16 Å². The van der Waals surface area contributed by atoms with Crippen molar-refractivity contribution in [2.45, 2.75) is 50.2 Å². The summed E-state index contributed by atoms with van der Waals surface area (Å²) >= 11 is 1.66. The van der Waals surface area contributed by atoms with E-state index in [0.29, 0.717) is 38.9 Å². The van der Waals surface area contributed by atoms with Crippen LogP contribution in [0.4, 0.5) is 0 Å². The van der Waals surface area contributed by atoms with Gasteiger partial charge in [-0.3, -0.25) is 14.2 Å². The van der Waals surface area contributed by atoms with Crippen molar-refractivity contribution >= 4 is 23.6 Å². The Hall–Kier alpha value is -4.11. The van der Waals surface area contributed by atoms with Gasteiger partial charge in [0.05, 0.1) is 13.5 Å². The summed E-state index contributed by atoms with van der Waals surface area (Å²) < 4.78 is 7.46. The lowest BCUT2D eigenvalue weighted by Gasteiger charge is -2.40. The highest BCUT2D eigenvalue weighted by Crippen LogP contribution is 2.26. The van der Waals surface area contributed by atoms with Crippen LogP contribution in [0.5, 0.6) is 5.75 Å². The molecule has 224 valence electrons. The Morgan fingerprint density at radius 1 is 0.860 bits per heavy atom. The minimum absolute atomic E-state index is 0.0128. The maximum Gasteiger partial charge on any atom is 0.227 e. The van der Waals surface area contributed by atoms with Gasteiger partial charge in [0.25, 0.3) is 0 Å². The molecule has 2 heterocycles. The number of hydrogen-bond acceptors (Lipinski definition) is 6. The number of thioether (sulfide) groups is 1. The van der Waals surface area contributed by atoms with Gasteiger partial charge < -0.3 is 14.5 Å². The van der Waals surface area contributed by atoms with E-state index in [1.54, 1.807) is 18.9 Å². The molecule has 1 aromatic heterocycles. The molecule has 43 heavy (non-hydrogen) atoms. The Balaban J connectivity index is 1.11. The second-order valence-electron chi connectivity index (χ2n) is 10.8. The van der Waals surface area contributed by atoms with Crippen LogP contribution in [0, 0.1) is 0 Å². The molecule has 0 saturated carbocycles. The maximum absolute atomic E-state index is 13.0. The lowest BCUT2D eigenvalue weighted by Crippen LogP contribution is -2.55. The van der Waals surface area contributed by atoms with Crippen LogP contribution in [0.1, 0.15) is 43.1 Å². The minimum atomic E-state index is 0.0128. The van der Waals surface area contributed by atoms with Gasteiger partial charge in [-0.05, 0) is 55.2 Å². The third kappa shape index (κ3) is 8.04. The van der Waals surface area contributed by atoms with Gasteiger partial charge in [-0.25, -0.2) is 0 Å². The van der Waals surface area contributed by atoms with E-state index in [9.17, 15) is 9.59 Å². The highest BCUT2D eigenvalue weighted by atomic mass is 32.2. The van der Waals surface area contributed by atoms with Crippen LogP contribution in [-0.2, 0) is 22.4 Å². The summed E-state index contributed by atoms with van der Waals surface area (Å²) in [5.41, 5.74) is 3.19. The van der Waals surface area contributed by atoms with Crippen molar-refractivity contribution in [2.24, 2.45) is 0 Å². The molecule has 9 heteroatoms. The van der Waals surface area contributed by atoms with E-state index in [0.717, 1.165) is 46.6 Å². The molecule has 0 radical (unpaired) electrons. The quantitative estimate of drug-likeness (QED) is 0.160. The smallest absolute Gasteiger partial charge is 0.227 e. The van der Waals surface area contributed by atoms with E-state index in [2.05, 4.69) is 26.9 Å². The molecule has 4 aromatic rings. The van der Waals surface area contributed by atoms with Crippen LogP contribution in [0.3, 0.4) is 0 Å². The largest absolute Gasteiger partial charge is 0.497 e. The fourth-order valence-electron chi connectivity index (χ4n) is 5.40. The van der Waals surface area contributed by atoms with Crippen LogP contribution in [0.2, 0.25) is 0 Å². The summed E-state index contributed by atoms with van der Waals surface area (Å²) in [4.78, 5) is 29.7. The highest BCUT2D eigenvalue weighted by molar-refractivity contribution is 7.99. The summed E-state index contributed by atoms with van der Waals surface area (Å²) in [6, 6.07) is 28.1. The topological polar surface area (TPSA) is 80.6 Å². The molecule has 3 aromatic carbocycles. The minimum Gasteiger partial charge on any atom is -0.497 e. The number of rotatable bonds is 12. The van der Waals surface area contributed by atoms with Gasteiger partial charge >= 0.3 is 0 Å². The molecular formula is C34H39N5O3S. The molecule has 1 unspecified atom stereocenters. The lowest BCUT2D eigenvalue weighted by molar-refractivity contribution is -0.142. The third-order valence-electron chi connectivity index (χ3n) is 7.75. The first-order valence-corrected chi connectivity index (χ1v) is 15.9. The predicted octanol–water partition coefficient (Wildman–Crippen LogP) is 5.43. The summed E-state index contributed by atoms with van der Waals surface area (Å²) in [7, 11) is 1.66. The van der Waals surface area contributed by atoms with E-state index in [1.807, 2.05) is 89.5 Å². The molecule has 2 amide bonds. The van der Waals surface area contributed by atoms with E-state index >= 15 is 0 Å². The summed E-state index contributed by atoms with van der Waals surface area (Å²) in [5.74, 6) is 2.81. The van der Waals surface area contributed by atoms with Crippen LogP contribution in [-0.4, -0.2) is 74.9 Å². The normalized spacial score (nSPS) is 15.0. The number of methoxy groups -OCH3 is 1. The Bertz CT molecular complexity index is 1480. The number of piperazine rings is 1. The molecule has 1 saturated heterocycles. The van der Waals surface area contributed by atoms with Gasteiger partial charge in [-0.1, -0.05) is 72.4 Å². The first kappa shape index (κ1) is 30.4. The standard InChI is InChI=1S/C34H39N5O3S/c1-26-25-37(20-21-38(26)33(41)24-28-13-7-4-8-14-28)32(40)15-9-10-22-43-34-36-35-31(23-27-11-5-3-6-12-27)39(34)29-16-18-30(42-2)19-17-29/h3-8,11-14,16-19,26H,9-10,15,20-25H2,1-2H3. The van der Waals surface area contributed by atoms with Gasteiger partial charge in [-0.15, -0.1) is 10.2 Å². The Kier molecular flexibility index (Phi) is 10.5. The molecule has 0 aliphatic carbocycles. The zero-order valence-electron chi connectivity index (χ0n) is 24.9. The van der Waals surface area contributed by atoms with Gasteiger partial charge in [0.2, 0.25) is 11.8 Å². The number of amides is 2. The van der Waals surface area contributed by atoms with Crippen LogP contribution in [0.25, 0.3) is 5.69 Å². The van der Waals surface area contributed by atoms with E-state index in [4.69, 9.17) is 4.74 Å². The number of hydrogen-bond donors (Lipinski definition) is 0. The molecular weight excluding hydrogens is 558 g/mol. The average Bonchev–Trinajstić information content (AvgIpc) is 3.43. The molecule has 5 rings (SSSR count).